The topological polar surface area (TPSA) is 43.1 Å². The molecule has 1 atom stereocenters. The van der Waals surface area contributed by atoms with Gasteiger partial charge >= 0.3 is 6.18 Å². The maximum atomic E-state index is 13.1. The summed E-state index contributed by atoms with van der Waals surface area (Å²) in [6.45, 7) is 0. The van der Waals surface area contributed by atoms with E-state index in [1.165, 1.54) is 12.1 Å². The van der Waals surface area contributed by atoms with Crippen LogP contribution in [-0.2, 0) is 6.18 Å². The van der Waals surface area contributed by atoms with Crippen LogP contribution in [0.2, 0.25) is 0 Å². The Morgan fingerprint density at radius 2 is 1.67 bits per heavy atom. The van der Waals surface area contributed by atoms with Gasteiger partial charge in [0.05, 0.1) is 11.6 Å². The Labute approximate surface area is 131 Å². The van der Waals surface area contributed by atoms with Gasteiger partial charge < -0.3 is 0 Å². The summed E-state index contributed by atoms with van der Waals surface area (Å²) in [5.74, 6) is -4.66. The molecule has 0 saturated heterocycles. The maximum Gasteiger partial charge on any atom is 0.453 e. The minimum absolute atomic E-state index is 0.0275. The van der Waals surface area contributed by atoms with Crippen molar-refractivity contribution in [2.45, 2.75) is 24.4 Å². The van der Waals surface area contributed by atoms with Crippen molar-refractivity contribution in [2.75, 3.05) is 0 Å². The zero-order chi connectivity index (χ0) is 17.1. The van der Waals surface area contributed by atoms with Crippen LogP contribution in [0.5, 0.6) is 0 Å². The molecule has 2 aromatic heterocycles. The van der Waals surface area contributed by atoms with Crippen molar-refractivity contribution in [3.8, 4) is 11.3 Å². The molecule has 0 spiro atoms. The van der Waals surface area contributed by atoms with Crippen molar-refractivity contribution in [1.82, 2.24) is 19.8 Å². The number of alkyl halides is 5. The summed E-state index contributed by atoms with van der Waals surface area (Å²) >= 11 is 0. The zero-order valence-electron chi connectivity index (χ0n) is 11.9. The first-order valence-electron chi connectivity index (χ1n) is 7.03. The Morgan fingerprint density at radius 3 is 2.25 bits per heavy atom. The average Bonchev–Trinajstić information content (AvgIpc) is 2.96. The molecule has 3 aromatic rings. The molecule has 0 unspecified atom stereocenters. The van der Waals surface area contributed by atoms with E-state index in [1.54, 1.807) is 24.3 Å². The number of aromatic nitrogens is 4. The van der Waals surface area contributed by atoms with Gasteiger partial charge in [-0.15, -0.1) is 10.2 Å². The monoisotopic (exact) mass is 340 g/mol. The van der Waals surface area contributed by atoms with Gasteiger partial charge in [0.1, 0.15) is 0 Å². The predicted molar refractivity (Wildman–Crippen MR) is 73.5 cm³/mol. The van der Waals surface area contributed by atoms with Gasteiger partial charge in [0.2, 0.25) is 0 Å². The number of hydrogen-bond donors (Lipinski definition) is 0. The lowest BCUT2D eigenvalue weighted by Crippen LogP contribution is -2.12. The third-order valence-electron chi connectivity index (χ3n) is 3.95. The normalized spacial score (nSPS) is 19.6. The van der Waals surface area contributed by atoms with Gasteiger partial charge in [-0.05, 0) is 17.7 Å². The molecule has 124 valence electrons. The molecule has 0 amide bonds. The first kappa shape index (κ1) is 15.0. The fourth-order valence-corrected chi connectivity index (χ4v) is 2.58. The minimum Gasteiger partial charge on any atom is -0.206 e. The van der Waals surface area contributed by atoms with E-state index in [9.17, 15) is 22.0 Å². The first-order chi connectivity index (χ1) is 11.3. The highest BCUT2D eigenvalue weighted by molar-refractivity contribution is 5.61. The van der Waals surface area contributed by atoms with Crippen molar-refractivity contribution < 1.29 is 22.0 Å². The lowest BCUT2D eigenvalue weighted by Gasteiger charge is -2.06. The molecule has 0 aliphatic heterocycles. The van der Waals surface area contributed by atoms with E-state index in [0.717, 1.165) is 0 Å². The predicted octanol–water partition coefficient (Wildman–Crippen LogP) is 3.93. The summed E-state index contributed by atoms with van der Waals surface area (Å²) in [7, 11) is 0. The molecule has 4 rings (SSSR count). The molecule has 1 aliphatic carbocycles. The van der Waals surface area contributed by atoms with Gasteiger partial charge in [-0.25, -0.2) is 8.78 Å². The Bertz CT molecular complexity index is 914. The Kier molecular flexibility index (Phi) is 2.94. The van der Waals surface area contributed by atoms with E-state index in [4.69, 9.17) is 0 Å². The molecule has 2 heterocycles. The van der Waals surface area contributed by atoms with Crippen molar-refractivity contribution in [3.05, 3.63) is 47.8 Å². The van der Waals surface area contributed by atoms with Crippen LogP contribution in [-0.4, -0.2) is 25.7 Å². The molecule has 0 bridgehead atoms. The van der Waals surface area contributed by atoms with Gasteiger partial charge in [-0.3, -0.25) is 0 Å². The SMILES string of the molecule is FC(F)(F)c1nnc2ccc(-c3ccc([C@@H]4CC4(F)F)cc3)nn12. The van der Waals surface area contributed by atoms with Crippen LogP contribution in [0.1, 0.15) is 23.7 Å². The molecule has 0 radical (unpaired) electrons. The van der Waals surface area contributed by atoms with Gasteiger partial charge in [0.25, 0.3) is 11.7 Å². The second kappa shape index (κ2) is 4.71. The van der Waals surface area contributed by atoms with Gasteiger partial charge in [-0.1, -0.05) is 24.3 Å². The first-order valence-corrected chi connectivity index (χ1v) is 7.03. The largest absolute Gasteiger partial charge is 0.453 e. The molecular weight excluding hydrogens is 331 g/mol. The molecule has 1 saturated carbocycles. The highest BCUT2D eigenvalue weighted by Crippen LogP contribution is 2.55. The number of benzene rings is 1. The number of rotatable bonds is 2. The highest BCUT2D eigenvalue weighted by atomic mass is 19.4. The Morgan fingerprint density at radius 1 is 1.00 bits per heavy atom. The lowest BCUT2D eigenvalue weighted by molar-refractivity contribution is -0.146. The summed E-state index contributed by atoms with van der Waals surface area (Å²) in [6.07, 6.45) is -4.85. The summed E-state index contributed by atoms with van der Waals surface area (Å²) in [6, 6.07) is 9.09. The second-order valence-corrected chi connectivity index (χ2v) is 5.65. The van der Waals surface area contributed by atoms with Crippen molar-refractivity contribution in [2.24, 2.45) is 0 Å². The van der Waals surface area contributed by atoms with E-state index < -0.39 is 23.8 Å². The van der Waals surface area contributed by atoms with E-state index >= 15 is 0 Å². The average molecular weight is 340 g/mol. The van der Waals surface area contributed by atoms with Crippen LogP contribution >= 0.6 is 0 Å². The number of halogens is 5. The fourth-order valence-electron chi connectivity index (χ4n) is 2.58. The Balaban J connectivity index is 1.71. The second-order valence-electron chi connectivity index (χ2n) is 5.65. The molecule has 1 fully saturated rings. The quantitative estimate of drug-likeness (QED) is 0.664. The van der Waals surface area contributed by atoms with E-state index in [0.29, 0.717) is 15.6 Å². The van der Waals surface area contributed by atoms with Crippen molar-refractivity contribution >= 4 is 5.65 Å². The summed E-state index contributed by atoms with van der Waals surface area (Å²) in [4.78, 5) is 0. The van der Waals surface area contributed by atoms with E-state index in [2.05, 4.69) is 15.3 Å². The number of nitrogens with zero attached hydrogens (tertiary/aromatic N) is 4. The van der Waals surface area contributed by atoms with Gasteiger partial charge in [-0.2, -0.15) is 22.8 Å². The number of fused-ring (bicyclic) bond motifs is 1. The van der Waals surface area contributed by atoms with E-state index in [-0.39, 0.29) is 17.8 Å². The number of hydrogen-bond acceptors (Lipinski definition) is 3. The summed E-state index contributed by atoms with van der Waals surface area (Å²) in [5, 5.41) is 10.4. The smallest absolute Gasteiger partial charge is 0.206 e. The molecule has 4 nitrogen and oxygen atoms in total. The van der Waals surface area contributed by atoms with Crippen molar-refractivity contribution in [3.63, 3.8) is 0 Å². The minimum atomic E-state index is -4.67. The standard InChI is InChI=1S/C15H9F5N4/c16-14(17)7-10(14)8-1-3-9(4-2-8)11-5-6-12-21-22-13(15(18,19)20)24(12)23-11/h1-6,10H,7H2/t10-/m0/s1. The molecule has 1 aromatic carbocycles. The van der Waals surface area contributed by atoms with Crippen molar-refractivity contribution in [1.29, 1.82) is 0 Å². The fraction of sp³-hybridized carbons (Fsp3) is 0.267. The molecule has 0 N–H and O–H groups in total. The van der Waals surface area contributed by atoms with Crippen LogP contribution < -0.4 is 0 Å². The van der Waals surface area contributed by atoms with Gasteiger partial charge in [0, 0.05) is 12.0 Å². The van der Waals surface area contributed by atoms with Crippen LogP contribution in [0.25, 0.3) is 16.9 Å². The van der Waals surface area contributed by atoms with Crippen LogP contribution in [0.3, 0.4) is 0 Å². The third-order valence-corrected chi connectivity index (χ3v) is 3.95. The zero-order valence-corrected chi connectivity index (χ0v) is 11.9. The molecular formula is C15H9F5N4. The molecule has 1 aliphatic rings. The maximum absolute atomic E-state index is 13.1. The highest BCUT2D eigenvalue weighted by Gasteiger charge is 2.57. The van der Waals surface area contributed by atoms with Crippen LogP contribution in [0.15, 0.2) is 36.4 Å². The summed E-state index contributed by atoms with van der Waals surface area (Å²) in [5.41, 5.74) is 1.26. The van der Waals surface area contributed by atoms with Crippen LogP contribution in [0, 0.1) is 0 Å². The third kappa shape index (κ3) is 2.40. The lowest BCUT2D eigenvalue weighted by atomic mass is 10.1. The van der Waals surface area contributed by atoms with Gasteiger partial charge in [0.15, 0.2) is 5.65 Å². The van der Waals surface area contributed by atoms with Crippen LogP contribution in [0.4, 0.5) is 22.0 Å². The molecule has 24 heavy (non-hydrogen) atoms. The summed E-state index contributed by atoms with van der Waals surface area (Å²) < 4.78 is 65.4. The van der Waals surface area contributed by atoms with E-state index in [1.807, 2.05) is 0 Å². The molecule has 9 heteroatoms. The Hall–Kier alpha value is -2.58.